The molecule has 2 rings (SSSR count). The monoisotopic (exact) mass is 318 g/mol. The van der Waals surface area contributed by atoms with Crippen molar-refractivity contribution in [1.29, 1.82) is 0 Å². The van der Waals surface area contributed by atoms with Gasteiger partial charge < -0.3 is 4.57 Å². The topological polar surface area (TPSA) is 17.3 Å². The first-order valence-electron chi connectivity index (χ1n) is 6.46. The molecule has 0 spiro atoms. The summed E-state index contributed by atoms with van der Waals surface area (Å²) in [6.07, 6.45) is 4.08. The molecule has 2 aromatic rings. The summed E-state index contributed by atoms with van der Waals surface area (Å²) < 4.78 is 3.35. The zero-order chi connectivity index (χ0) is 14.0. The fourth-order valence-corrected chi connectivity index (χ4v) is 2.63. The molecule has 0 saturated heterocycles. The molecule has 0 aliphatic carbocycles. The maximum Gasteiger partial charge on any atom is 0.0659 e. The zero-order valence-corrected chi connectivity index (χ0v) is 13.4. The molecule has 0 N–H and O–H groups in total. The molecule has 0 fully saturated rings. The number of hydrogen-bond acceptors (Lipinski definition) is 1. The Hall–Kier alpha value is -1.35. The van der Waals surface area contributed by atoms with Crippen LogP contribution in [0.4, 0.5) is 5.69 Å². The molecule has 0 aliphatic rings. The van der Waals surface area contributed by atoms with Crippen molar-refractivity contribution in [3.63, 3.8) is 0 Å². The minimum absolute atomic E-state index is 0.483. The molecule has 19 heavy (non-hydrogen) atoms. The van der Waals surface area contributed by atoms with Gasteiger partial charge in [0.15, 0.2) is 0 Å². The van der Waals surface area contributed by atoms with E-state index in [1.807, 2.05) is 18.3 Å². The molecule has 1 aromatic carbocycles. The minimum atomic E-state index is 0.483. The van der Waals surface area contributed by atoms with Crippen LogP contribution < -0.4 is 0 Å². The van der Waals surface area contributed by atoms with Crippen LogP contribution in [0.3, 0.4) is 0 Å². The van der Waals surface area contributed by atoms with Crippen LogP contribution in [-0.4, -0.2) is 10.8 Å². The fourth-order valence-electron chi connectivity index (χ4n) is 2.15. The van der Waals surface area contributed by atoms with E-state index in [0.717, 1.165) is 15.7 Å². The predicted molar refractivity (Wildman–Crippen MR) is 85.7 cm³/mol. The second kappa shape index (κ2) is 5.74. The Labute approximate surface area is 123 Å². The standard InChI is InChI=1S/C16H19BrN2/c1-11(2)19-10-14(8-13(19)4)9-18-16-6-5-15(17)7-12(16)3/h5-11H,1-4H3. The first-order valence-corrected chi connectivity index (χ1v) is 7.25. The molecule has 0 aliphatic heterocycles. The maximum absolute atomic E-state index is 4.57. The van der Waals surface area contributed by atoms with Gasteiger partial charge in [0.1, 0.15) is 0 Å². The van der Waals surface area contributed by atoms with Gasteiger partial charge in [0.25, 0.3) is 0 Å². The third kappa shape index (κ3) is 3.35. The van der Waals surface area contributed by atoms with E-state index in [1.54, 1.807) is 0 Å². The minimum Gasteiger partial charge on any atom is -0.349 e. The first-order chi connectivity index (χ1) is 8.97. The molecule has 0 saturated carbocycles. The average Bonchev–Trinajstić information content (AvgIpc) is 2.69. The van der Waals surface area contributed by atoms with Crippen LogP contribution in [0.5, 0.6) is 0 Å². The predicted octanol–water partition coefficient (Wildman–Crippen LogP) is 5.20. The molecule has 0 radical (unpaired) electrons. The molecule has 100 valence electrons. The molecule has 0 amide bonds. The normalized spacial score (nSPS) is 11.7. The molecule has 1 heterocycles. The summed E-state index contributed by atoms with van der Waals surface area (Å²) in [5.41, 5.74) is 4.60. The van der Waals surface area contributed by atoms with E-state index in [0.29, 0.717) is 6.04 Å². The number of rotatable bonds is 3. The van der Waals surface area contributed by atoms with E-state index in [-0.39, 0.29) is 0 Å². The van der Waals surface area contributed by atoms with Crippen molar-refractivity contribution in [1.82, 2.24) is 4.57 Å². The lowest BCUT2D eigenvalue weighted by molar-refractivity contribution is 0.589. The third-order valence-corrected chi connectivity index (χ3v) is 3.63. The zero-order valence-electron chi connectivity index (χ0n) is 11.8. The summed E-state index contributed by atoms with van der Waals surface area (Å²) in [6, 6.07) is 8.78. The number of aromatic nitrogens is 1. The van der Waals surface area contributed by atoms with Gasteiger partial charge in [-0.15, -0.1) is 0 Å². The Morgan fingerprint density at radius 2 is 1.95 bits per heavy atom. The highest BCUT2D eigenvalue weighted by Crippen LogP contribution is 2.22. The van der Waals surface area contributed by atoms with E-state index in [1.165, 1.54) is 11.3 Å². The van der Waals surface area contributed by atoms with Gasteiger partial charge in [-0.3, -0.25) is 4.99 Å². The number of aryl methyl sites for hydroxylation is 2. The molecule has 0 bridgehead atoms. The fraction of sp³-hybridized carbons (Fsp3) is 0.312. The third-order valence-electron chi connectivity index (χ3n) is 3.14. The largest absolute Gasteiger partial charge is 0.349 e. The molecule has 0 unspecified atom stereocenters. The number of nitrogens with zero attached hydrogens (tertiary/aromatic N) is 2. The Balaban J connectivity index is 2.25. The van der Waals surface area contributed by atoms with Crippen molar-refractivity contribution in [2.24, 2.45) is 4.99 Å². The molecule has 2 nitrogen and oxygen atoms in total. The van der Waals surface area contributed by atoms with Gasteiger partial charge >= 0.3 is 0 Å². The number of halogens is 1. The van der Waals surface area contributed by atoms with Gasteiger partial charge in [-0.25, -0.2) is 0 Å². The molecular weight excluding hydrogens is 300 g/mol. The van der Waals surface area contributed by atoms with Gasteiger partial charge in [0.2, 0.25) is 0 Å². The van der Waals surface area contributed by atoms with Crippen molar-refractivity contribution in [3.05, 3.63) is 51.8 Å². The van der Waals surface area contributed by atoms with Crippen molar-refractivity contribution >= 4 is 27.8 Å². The first kappa shape index (κ1) is 14.1. The lowest BCUT2D eigenvalue weighted by atomic mass is 10.2. The SMILES string of the molecule is Cc1cc(Br)ccc1N=Cc1cc(C)n(C(C)C)c1. The average molecular weight is 319 g/mol. The van der Waals surface area contributed by atoms with Gasteiger partial charge in [-0.05, 0) is 57.5 Å². The summed E-state index contributed by atoms with van der Waals surface area (Å²) in [5, 5.41) is 0. The van der Waals surface area contributed by atoms with E-state index < -0.39 is 0 Å². The quantitative estimate of drug-likeness (QED) is 0.692. The van der Waals surface area contributed by atoms with Crippen molar-refractivity contribution in [2.75, 3.05) is 0 Å². The van der Waals surface area contributed by atoms with Gasteiger partial charge in [-0.2, -0.15) is 0 Å². The van der Waals surface area contributed by atoms with Gasteiger partial charge in [-0.1, -0.05) is 15.9 Å². The van der Waals surface area contributed by atoms with Crippen LogP contribution >= 0.6 is 15.9 Å². The summed E-state index contributed by atoms with van der Waals surface area (Å²) in [7, 11) is 0. The Kier molecular flexibility index (Phi) is 4.25. The van der Waals surface area contributed by atoms with Crippen molar-refractivity contribution < 1.29 is 0 Å². The lowest BCUT2D eigenvalue weighted by Gasteiger charge is -2.08. The highest BCUT2D eigenvalue weighted by molar-refractivity contribution is 9.10. The molecular formula is C16H19BrN2. The van der Waals surface area contributed by atoms with Crippen LogP contribution in [0.15, 0.2) is 39.9 Å². The van der Waals surface area contributed by atoms with E-state index >= 15 is 0 Å². The van der Waals surface area contributed by atoms with Crippen LogP contribution in [0.2, 0.25) is 0 Å². The van der Waals surface area contributed by atoms with E-state index in [2.05, 4.69) is 71.5 Å². The highest BCUT2D eigenvalue weighted by atomic mass is 79.9. The van der Waals surface area contributed by atoms with Crippen LogP contribution in [0, 0.1) is 13.8 Å². The molecule has 1 aromatic heterocycles. The summed E-state index contributed by atoms with van der Waals surface area (Å²) >= 11 is 3.47. The summed E-state index contributed by atoms with van der Waals surface area (Å²) in [5.74, 6) is 0. The number of hydrogen-bond donors (Lipinski definition) is 0. The lowest BCUT2D eigenvalue weighted by Crippen LogP contribution is -2.00. The van der Waals surface area contributed by atoms with Crippen molar-refractivity contribution in [2.45, 2.75) is 33.7 Å². The van der Waals surface area contributed by atoms with E-state index in [9.17, 15) is 0 Å². The smallest absolute Gasteiger partial charge is 0.0659 e. The van der Waals surface area contributed by atoms with Crippen molar-refractivity contribution in [3.8, 4) is 0 Å². The Morgan fingerprint density at radius 3 is 2.53 bits per heavy atom. The van der Waals surface area contributed by atoms with Crippen LogP contribution in [-0.2, 0) is 0 Å². The van der Waals surface area contributed by atoms with Crippen LogP contribution in [0.25, 0.3) is 0 Å². The second-order valence-electron chi connectivity index (χ2n) is 5.10. The number of benzene rings is 1. The maximum atomic E-state index is 4.57. The second-order valence-corrected chi connectivity index (χ2v) is 6.02. The highest BCUT2D eigenvalue weighted by Gasteiger charge is 2.03. The number of aliphatic imine (C=N–C) groups is 1. The summed E-state index contributed by atoms with van der Waals surface area (Å²) in [6.45, 7) is 8.57. The Bertz CT molecular complexity index is 609. The van der Waals surface area contributed by atoms with Gasteiger partial charge in [0, 0.05) is 34.2 Å². The molecule has 0 atom stereocenters. The van der Waals surface area contributed by atoms with Gasteiger partial charge in [0.05, 0.1) is 5.69 Å². The molecule has 3 heteroatoms. The van der Waals surface area contributed by atoms with E-state index in [4.69, 9.17) is 0 Å². The van der Waals surface area contributed by atoms with Crippen LogP contribution in [0.1, 0.15) is 36.7 Å². The Morgan fingerprint density at radius 1 is 1.21 bits per heavy atom. The summed E-state index contributed by atoms with van der Waals surface area (Å²) in [4.78, 5) is 4.57.